The van der Waals surface area contributed by atoms with Crippen molar-refractivity contribution in [1.82, 2.24) is 15.5 Å². The van der Waals surface area contributed by atoms with E-state index in [4.69, 9.17) is 9.63 Å². The van der Waals surface area contributed by atoms with Crippen LogP contribution in [0.4, 0.5) is 13.2 Å². The number of carboxylic acid groups (broad SMARTS) is 1. The van der Waals surface area contributed by atoms with Gasteiger partial charge in [-0.25, -0.2) is 4.79 Å². The van der Waals surface area contributed by atoms with Gasteiger partial charge < -0.3 is 9.63 Å². The summed E-state index contributed by atoms with van der Waals surface area (Å²) in [6.07, 6.45) is -3.09. The maximum absolute atomic E-state index is 12.7. The molecule has 1 aliphatic rings. The van der Waals surface area contributed by atoms with Crippen molar-refractivity contribution in [2.45, 2.75) is 43.9 Å². The molecule has 1 atom stereocenters. The van der Waals surface area contributed by atoms with Gasteiger partial charge in [0.2, 0.25) is 11.4 Å². The van der Waals surface area contributed by atoms with Gasteiger partial charge >= 0.3 is 12.1 Å². The number of nitrogens with one attached hydrogen (secondary N) is 1. The number of aliphatic carboxylic acids is 1. The van der Waals surface area contributed by atoms with E-state index < -0.39 is 24.2 Å². The third-order valence-electron chi connectivity index (χ3n) is 3.01. The number of carboxylic acids is 1. The minimum atomic E-state index is -4.93. The summed E-state index contributed by atoms with van der Waals surface area (Å²) in [5.41, 5.74) is -3.05. The highest BCUT2D eigenvalue weighted by Gasteiger charge is 2.57. The molecule has 0 saturated heterocycles. The van der Waals surface area contributed by atoms with E-state index >= 15 is 0 Å². The van der Waals surface area contributed by atoms with Crippen molar-refractivity contribution < 1.29 is 27.6 Å². The minimum absolute atomic E-state index is 0.0126. The van der Waals surface area contributed by atoms with E-state index in [9.17, 15) is 18.0 Å². The zero-order chi connectivity index (χ0) is 14.3. The molecule has 19 heavy (non-hydrogen) atoms. The minimum Gasteiger partial charge on any atom is -0.480 e. The average Bonchev–Trinajstić information content (AvgIpc) is 3.04. The van der Waals surface area contributed by atoms with Crippen LogP contribution in [0.1, 0.15) is 37.4 Å². The second kappa shape index (κ2) is 4.48. The van der Waals surface area contributed by atoms with Crippen LogP contribution in [-0.4, -0.2) is 32.9 Å². The lowest BCUT2D eigenvalue weighted by atomic mass is 10.0. The van der Waals surface area contributed by atoms with Crippen molar-refractivity contribution in [2.24, 2.45) is 0 Å². The quantitative estimate of drug-likeness (QED) is 0.848. The van der Waals surface area contributed by atoms with Crippen LogP contribution in [0.25, 0.3) is 0 Å². The second-order valence-electron chi connectivity index (χ2n) is 4.60. The van der Waals surface area contributed by atoms with E-state index in [1.54, 1.807) is 0 Å². The fraction of sp³-hybridized carbons (Fsp3) is 0.700. The fourth-order valence-electron chi connectivity index (χ4n) is 1.39. The van der Waals surface area contributed by atoms with Gasteiger partial charge in [-0.1, -0.05) is 5.16 Å². The Morgan fingerprint density at radius 1 is 1.53 bits per heavy atom. The average molecular weight is 279 g/mol. The molecule has 0 bridgehead atoms. The largest absolute Gasteiger partial charge is 0.480 e. The van der Waals surface area contributed by atoms with Gasteiger partial charge in [-0.2, -0.15) is 18.2 Å². The molecule has 2 N–H and O–H groups in total. The number of carbonyl (C=O) groups is 1. The molecule has 1 saturated carbocycles. The number of aromatic nitrogens is 2. The molecule has 2 rings (SSSR count). The van der Waals surface area contributed by atoms with Crippen molar-refractivity contribution in [2.75, 3.05) is 0 Å². The Morgan fingerprint density at radius 2 is 2.16 bits per heavy atom. The van der Waals surface area contributed by atoms with Gasteiger partial charge in [0.05, 0.1) is 6.54 Å². The normalized spacial score (nSPS) is 19.2. The predicted molar refractivity (Wildman–Crippen MR) is 55.2 cm³/mol. The van der Waals surface area contributed by atoms with Gasteiger partial charge in [-0.15, -0.1) is 0 Å². The number of nitrogens with zero attached hydrogens (tertiary/aromatic N) is 2. The molecule has 1 heterocycles. The number of hydrogen-bond donors (Lipinski definition) is 2. The van der Waals surface area contributed by atoms with Gasteiger partial charge in [0.1, 0.15) is 0 Å². The zero-order valence-electron chi connectivity index (χ0n) is 9.99. The summed E-state index contributed by atoms with van der Waals surface area (Å²) in [4.78, 5) is 14.7. The summed E-state index contributed by atoms with van der Waals surface area (Å²) in [5.74, 6) is -1.42. The van der Waals surface area contributed by atoms with Crippen LogP contribution >= 0.6 is 0 Å². The molecule has 106 valence electrons. The summed E-state index contributed by atoms with van der Waals surface area (Å²) in [5, 5.41) is 14.1. The lowest BCUT2D eigenvalue weighted by Gasteiger charge is -2.28. The zero-order valence-corrected chi connectivity index (χ0v) is 9.99. The highest BCUT2D eigenvalue weighted by Crippen LogP contribution is 2.38. The molecule has 0 amide bonds. The first kappa shape index (κ1) is 13.8. The molecule has 0 aromatic carbocycles. The summed E-state index contributed by atoms with van der Waals surface area (Å²) in [7, 11) is 0. The summed E-state index contributed by atoms with van der Waals surface area (Å²) < 4.78 is 43.0. The Labute approximate surface area is 106 Å². The van der Waals surface area contributed by atoms with Crippen molar-refractivity contribution in [3.63, 3.8) is 0 Å². The Bertz CT molecular complexity index is 484. The van der Waals surface area contributed by atoms with Gasteiger partial charge in [-0.3, -0.25) is 5.32 Å². The molecule has 1 aliphatic carbocycles. The number of rotatable bonds is 5. The van der Waals surface area contributed by atoms with Crippen molar-refractivity contribution in [1.29, 1.82) is 0 Å². The highest BCUT2D eigenvalue weighted by atomic mass is 19.4. The number of alkyl halides is 3. The summed E-state index contributed by atoms with van der Waals surface area (Å²) in [6.45, 7) is 0.121. The van der Waals surface area contributed by atoms with Crippen molar-refractivity contribution in [3.05, 3.63) is 11.7 Å². The number of halogens is 3. The van der Waals surface area contributed by atoms with Crippen molar-refractivity contribution >= 4 is 5.97 Å². The van der Waals surface area contributed by atoms with E-state index in [1.165, 1.54) is 0 Å². The maximum atomic E-state index is 12.7. The van der Waals surface area contributed by atoms with Crippen LogP contribution in [0.5, 0.6) is 0 Å². The molecular weight excluding hydrogens is 267 g/mol. The maximum Gasteiger partial charge on any atom is 0.417 e. The first-order valence-electron chi connectivity index (χ1n) is 5.61. The van der Waals surface area contributed by atoms with Gasteiger partial charge in [0.15, 0.2) is 5.82 Å². The van der Waals surface area contributed by atoms with E-state index in [1.807, 2.05) is 5.32 Å². The third-order valence-corrected chi connectivity index (χ3v) is 3.01. The van der Waals surface area contributed by atoms with Crippen LogP contribution in [-0.2, 0) is 11.3 Å². The van der Waals surface area contributed by atoms with Crippen LogP contribution in [0.15, 0.2) is 4.52 Å². The van der Waals surface area contributed by atoms with E-state index in [-0.39, 0.29) is 11.7 Å². The smallest absolute Gasteiger partial charge is 0.417 e. The van der Waals surface area contributed by atoms with Gasteiger partial charge in [0.25, 0.3) is 0 Å². The van der Waals surface area contributed by atoms with E-state index in [0.29, 0.717) is 12.8 Å². The Morgan fingerprint density at radius 3 is 2.63 bits per heavy atom. The summed E-state index contributed by atoms with van der Waals surface area (Å²) >= 11 is 0. The van der Waals surface area contributed by atoms with Crippen LogP contribution in [0, 0.1) is 0 Å². The molecule has 0 spiro atoms. The lowest BCUT2D eigenvalue weighted by molar-refractivity contribution is -0.206. The van der Waals surface area contributed by atoms with E-state index in [0.717, 1.165) is 12.8 Å². The third kappa shape index (κ3) is 2.70. The molecule has 1 aromatic rings. The van der Waals surface area contributed by atoms with Crippen LogP contribution < -0.4 is 5.32 Å². The van der Waals surface area contributed by atoms with Crippen molar-refractivity contribution in [3.8, 4) is 0 Å². The Hall–Kier alpha value is -1.64. The molecule has 6 nitrogen and oxygen atoms in total. The predicted octanol–water partition coefficient (Wildman–Crippen LogP) is 1.44. The molecule has 0 aliphatic heterocycles. The first-order chi connectivity index (χ1) is 8.74. The second-order valence-corrected chi connectivity index (χ2v) is 4.60. The molecule has 1 fully saturated rings. The lowest BCUT2D eigenvalue weighted by Crippen LogP contribution is -2.59. The number of hydrogen-bond acceptors (Lipinski definition) is 5. The SMILES string of the molecule is CC(NCc1noc(C2CC2)n1)(C(=O)O)C(F)(F)F. The topological polar surface area (TPSA) is 88.3 Å². The Balaban J connectivity index is 2.04. The molecule has 1 unspecified atom stereocenters. The highest BCUT2D eigenvalue weighted by molar-refractivity contribution is 5.79. The Kier molecular flexibility index (Phi) is 3.25. The fourth-order valence-corrected chi connectivity index (χ4v) is 1.39. The van der Waals surface area contributed by atoms with Crippen LogP contribution in [0.3, 0.4) is 0 Å². The van der Waals surface area contributed by atoms with Crippen LogP contribution in [0.2, 0.25) is 0 Å². The van der Waals surface area contributed by atoms with Gasteiger partial charge in [-0.05, 0) is 19.8 Å². The molecular formula is C10H12F3N3O3. The standard InChI is InChI=1S/C10H12F3N3O3/c1-9(8(17)18,10(11,12)13)14-4-6-15-7(19-16-6)5-2-3-5/h5,14H,2-4H2,1H3,(H,17,18). The molecule has 9 heteroatoms. The first-order valence-corrected chi connectivity index (χ1v) is 5.61. The molecule has 0 radical (unpaired) electrons. The van der Waals surface area contributed by atoms with E-state index in [2.05, 4.69) is 10.1 Å². The van der Waals surface area contributed by atoms with Gasteiger partial charge in [0, 0.05) is 5.92 Å². The monoisotopic (exact) mass is 279 g/mol. The molecule has 1 aromatic heterocycles. The summed E-state index contributed by atoms with van der Waals surface area (Å²) in [6, 6.07) is 0.